The Morgan fingerprint density at radius 1 is 0.693 bits per heavy atom. The molecule has 0 bridgehead atoms. The lowest BCUT2D eigenvalue weighted by Crippen LogP contribution is -2.60. The number of amides is 10. The van der Waals surface area contributed by atoms with Gasteiger partial charge in [-0.1, -0.05) is 44.2 Å². The van der Waals surface area contributed by atoms with Gasteiger partial charge in [0.2, 0.25) is 59.1 Å². The summed E-state index contributed by atoms with van der Waals surface area (Å²) in [4.78, 5) is 150. The molecule has 0 aliphatic carbocycles. The summed E-state index contributed by atoms with van der Waals surface area (Å²) in [6, 6.07) is -1.24. The van der Waals surface area contributed by atoms with Gasteiger partial charge < -0.3 is 81.5 Å². The van der Waals surface area contributed by atoms with Crippen molar-refractivity contribution >= 4 is 71.0 Å². The molecule has 0 radical (unpaired) electrons. The second kappa shape index (κ2) is 29.4. The van der Waals surface area contributed by atoms with Crippen LogP contribution in [0.25, 0.3) is 0 Å². The minimum atomic E-state index is -1.49. The number of guanidine groups is 2. The molecule has 2 fully saturated rings. The van der Waals surface area contributed by atoms with Crippen LogP contribution in [0.3, 0.4) is 0 Å². The molecule has 0 spiro atoms. The highest BCUT2D eigenvalue weighted by atomic mass is 16.2. The maximum absolute atomic E-state index is 14.7. The normalized spacial score (nSPS) is 17.4. The average Bonchev–Trinajstić information content (AvgIpc) is 4.16. The molecule has 0 unspecified atom stereocenters. The van der Waals surface area contributed by atoms with Crippen LogP contribution < -0.4 is 71.6 Å². The molecule has 1 aromatic carbocycles. The quantitative estimate of drug-likeness (QED) is 0.0198. The van der Waals surface area contributed by atoms with E-state index in [2.05, 4.69) is 57.2 Å². The molecule has 2 aliphatic heterocycles. The third-order valence-corrected chi connectivity index (χ3v) is 12.2. The first-order valence-corrected chi connectivity index (χ1v) is 24.7. The molecule has 0 saturated carbocycles. The zero-order valence-electron chi connectivity index (χ0n) is 42.2. The first kappa shape index (κ1) is 59.2. The number of primary amides is 2. The Kier molecular flexibility index (Phi) is 23.2. The summed E-state index contributed by atoms with van der Waals surface area (Å²) >= 11 is 0. The monoisotopic (exact) mass is 1050 g/mol. The number of nitrogens with one attached hydrogen (secondary N) is 8. The van der Waals surface area contributed by atoms with Crippen molar-refractivity contribution in [3.8, 4) is 0 Å². The van der Waals surface area contributed by atoms with Crippen molar-refractivity contribution in [3.63, 3.8) is 0 Å². The summed E-state index contributed by atoms with van der Waals surface area (Å²) in [6.45, 7) is 3.84. The number of rotatable bonds is 30. The van der Waals surface area contributed by atoms with Gasteiger partial charge in [0.15, 0.2) is 11.9 Å². The van der Waals surface area contributed by atoms with E-state index in [1.165, 1.54) is 17.4 Å². The number of nitrogens with two attached hydrogens (primary N) is 6. The first-order valence-electron chi connectivity index (χ1n) is 24.7. The van der Waals surface area contributed by atoms with Gasteiger partial charge in [0.25, 0.3) is 0 Å². The third kappa shape index (κ3) is 19.9. The number of aromatic amines is 1. The van der Waals surface area contributed by atoms with Crippen molar-refractivity contribution < 1.29 is 47.9 Å². The highest BCUT2D eigenvalue weighted by Crippen LogP contribution is 2.21. The van der Waals surface area contributed by atoms with Crippen molar-refractivity contribution in [2.45, 2.75) is 139 Å². The number of aromatic nitrogens is 2. The van der Waals surface area contributed by atoms with E-state index in [0.717, 1.165) is 0 Å². The fourth-order valence-electron chi connectivity index (χ4n) is 8.49. The second-order valence-electron chi connectivity index (χ2n) is 18.8. The molecule has 410 valence electrons. The summed E-state index contributed by atoms with van der Waals surface area (Å²) in [5, 5.41) is 18.6. The van der Waals surface area contributed by atoms with Crippen LogP contribution in [0, 0.1) is 5.92 Å². The number of imidazole rings is 1. The van der Waals surface area contributed by atoms with Crippen LogP contribution in [0.4, 0.5) is 0 Å². The number of carbonyl (C=O) groups excluding carboxylic acids is 10. The molecule has 2 aromatic rings. The molecule has 2 saturated heterocycles. The van der Waals surface area contributed by atoms with E-state index in [4.69, 9.17) is 34.4 Å². The van der Waals surface area contributed by atoms with E-state index in [1.807, 2.05) is 13.8 Å². The Hall–Kier alpha value is -8.33. The number of likely N-dealkylation sites (tertiary alicyclic amines) is 1. The second-order valence-corrected chi connectivity index (χ2v) is 18.8. The lowest BCUT2D eigenvalue weighted by atomic mass is 10.00. The number of hydrogen-bond acceptors (Lipinski definition) is 13. The first-order chi connectivity index (χ1) is 35.6. The summed E-state index contributed by atoms with van der Waals surface area (Å²) in [6.07, 6.45) is 3.38. The molecule has 75 heavy (non-hydrogen) atoms. The molecule has 28 nitrogen and oxygen atoms in total. The topological polar surface area (TPSA) is 468 Å². The van der Waals surface area contributed by atoms with Gasteiger partial charge in [-0.15, -0.1) is 0 Å². The van der Waals surface area contributed by atoms with Crippen LogP contribution in [0.15, 0.2) is 52.8 Å². The summed E-state index contributed by atoms with van der Waals surface area (Å²) in [5.74, 6) is -8.01. The number of carbonyl (C=O) groups is 10. The van der Waals surface area contributed by atoms with E-state index in [9.17, 15) is 47.9 Å². The maximum atomic E-state index is 14.7. The lowest BCUT2D eigenvalue weighted by molar-refractivity contribution is -0.142. The molecular formula is C47H72N18O10. The van der Waals surface area contributed by atoms with Gasteiger partial charge >= 0.3 is 0 Å². The third-order valence-electron chi connectivity index (χ3n) is 12.2. The molecule has 2 aliphatic rings. The Morgan fingerprint density at radius 3 is 1.81 bits per heavy atom. The molecule has 28 heteroatoms. The predicted molar refractivity (Wildman–Crippen MR) is 272 cm³/mol. The summed E-state index contributed by atoms with van der Waals surface area (Å²) in [7, 11) is 0. The number of nitrogens with zero attached hydrogens (tertiary/aromatic N) is 4. The lowest BCUT2D eigenvalue weighted by Gasteiger charge is -2.31. The molecule has 8 atom stereocenters. The number of hydrogen-bond donors (Lipinski definition) is 14. The van der Waals surface area contributed by atoms with Crippen LogP contribution in [-0.4, -0.2) is 154 Å². The Balaban J connectivity index is 1.60. The Labute approximate surface area is 433 Å². The maximum Gasteiger partial charge on any atom is 0.245 e. The molecule has 1 aromatic heterocycles. The van der Waals surface area contributed by atoms with Gasteiger partial charge in [-0.2, -0.15) is 0 Å². The number of aliphatic imine (C=N–C) groups is 2. The van der Waals surface area contributed by atoms with E-state index in [-0.39, 0.29) is 108 Å². The average molecular weight is 1050 g/mol. The number of benzene rings is 1. The van der Waals surface area contributed by atoms with Gasteiger partial charge in [-0.25, -0.2) is 4.98 Å². The molecular weight excluding hydrogens is 977 g/mol. The van der Waals surface area contributed by atoms with Crippen LogP contribution >= 0.6 is 0 Å². The van der Waals surface area contributed by atoms with Crippen molar-refractivity contribution in [1.29, 1.82) is 0 Å². The van der Waals surface area contributed by atoms with Crippen LogP contribution in [-0.2, 0) is 60.8 Å². The minimum Gasteiger partial charge on any atom is -0.370 e. The molecule has 20 N–H and O–H groups in total. The summed E-state index contributed by atoms with van der Waals surface area (Å²) < 4.78 is 0. The molecule has 10 amide bonds. The van der Waals surface area contributed by atoms with Crippen molar-refractivity contribution in [2.75, 3.05) is 19.6 Å². The zero-order valence-corrected chi connectivity index (χ0v) is 42.2. The van der Waals surface area contributed by atoms with Crippen molar-refractivity contribution in [2.24, 2.45) is 50.3 Å². The van der Waals surface area contributed by atoms with Crippen molar-refractivity contribution in [1.82, 2.24) is 52.1 Å². The van der Waals surface area contributed by atoms with Gasteiger partial charge in [0.1, 0.15) is 48.3 Å². The van der Waals surface area contributed by atoms with E-state index < -0.39 is 108 Å². The number of H-pyrrole nitrogens is 1. The standard InChI is InChI=1S/C47H72N18O10/c1-25(2)19-32(62-43(73)34(21-27-23-54-24-57-27)64-40(70)29-14-15-37(67)58-29)41(71)63-33(20-26-9-4-3-5-10-26)42(72)60-30(12-7-17-56-47(52)53)45(75)65-18-8-13-35(65)44(74)59-28(11-6-16-55-46(50)51)39(69)61-31(38(49)68)22-36(48)66/h3-5,9-10,23-25,28-35H,6-8,11-22H2,1-2H3,(H2,48,66)(H2,49,68)(H,54,57)(H,58,67)(H,59,74)(H,60,72)(H,61,69)(H,62,73)(H,63,71)(H,64,70)(H4,50,51,55)(H4,52,53,56)/t28-,29-,30-,31-,32-,33-,34-,35-/m0/s1. The van der Waals surface area contributed by atoms with E-state index in [0.29, 0.717) is 17.7 Å². The molecule has 3 heterocycles. The van der Waals surface area contributed by atoms with Gasteiger partial charge in [-0.3, -0.25) is 57.9 Å². The smallest absolute Gasteiger partial charge is 0.245 e. The Bertz CT molecular complexity index is 2370. The highest BCUT2D eigenvalue weighted by Gasteiger charge is 2.40. The fraction of sp³-hybridized carbons (Fsp3) is 0.553. The van der Waals surface area contributed by atoms with Crippen LogP contribution in [0.2, 0.25) is 0 Å². The van der Waals surface area contributed by atoms with Crippen LogP contribution in [0.1, 0.15) is 89.3 Å². The molecule has 4 rings (SSSR count). The fourth-order valence-corrected chi connectivity index (χ4v) is 8.49. The highest BCUT2D eigenvalue weighted by molar-refractivity contribution is 5.99. The SMILES string of the molecule is CC(C)C[C@H](NC(=O)[C@H](Cc1cnc[nH]1)NC(=O)[C@@H]1CCC(=O)N1)C(=O)N[C@@H](Cc1ccccc1)C(=O)N[C@@H](CCCN=C(N)N)C(=O)N1CCC[C@H]1C(=O)N[C@@H](CCCN=C(N)N)C(=O)N[C@@H](CC(N)=O)C(N)=O. The van der Waals surface area contributed by atoms with E-state index >= 15 is 0 Å². The summed E-state index contributed by atoms with van der Waals surface area (Å²) in [5.41, 5.74) is 33.8. The van der Waals surface area contributed by atoms with Crippen molar-refractivity contribution in [3.05, 3.63) is 54.1 Å². The van der Waals surface area contributed by atoms with Gasteiger partial charge in [0, 0.05) is 50.8 Å². The van der Waals surface area contributed by atoms with Crippen LogP contribution in [0.5, 0.6) is 0 Å². The zero-order chi connectivity index (χ0) is 55.2. The van der Waals surface area contributed by atoms with Gasteiger partial charge in [-0.05, 0) is 62.8 Å². The minimum absolute atomic E-state index is 0.0393. The van der Waals surface area contributed by atoms with E-state index in [1.54, 1.807) is 30.3 Å². The largest absolute Gasteiger partial charge is 0.370 e. The van der Waals surface area contributed by atoms with Gasteiger partial charge in [0.05, 0.1) is 12.7 Å². The predicted octanol–water partition coefficient (Wildman–Crippen LogP) is -5.11. The Morgan fingerprint density at radius 2 is 1.25 bits per heavy atom.